The maximum Gasteiger partial charge on any atom is 0.256 e. The topological polar surface area (TPSA) is 64.2 Å². The van der Waals surface area contributed by atoms with Crippen LogP contribution in [0.1, 0.15) is 35.6 Å². The lowest BCUT2D eigenvalue weighted by Crippen LogP contribution is -2.14. The molecule has 1 aliphatic carbocycles. The van der Waals surface area contributed by atoms with Crippen LogP contribution in [-0.2, 0) is 6.42 Å². The van der Waals surface area contributed by atoms with Crippen molar-refractivity contribution in [3.63, 3.8) is 0 Å². The molecule has 33 heavy (non-hydrogen) atoms. The van der Waals surface area contributed by atoms with Crippen LogP contribution < -0.4 is 15.0 Å². The van der Waals surface area contributed by atoms with Crippen molar-refractivity contribution in [2.45, 2.75) is 25.2 Å². The van der Waals surface area contributed by atoms with Gasteiger partial charge in [-0.1, -0.05) is 6.07 Å². The normalized spacial score (nSPS) is 13.3. The number of nitrogens with one attached hydrogen (secondary N) is 1. The molecule has 0 amide bonds. The van der Waals surface area contributed by atoms with Gasteiger partial charge in [0.2, 0.25) is 0 Å². The lowest BCUT2D eigenvalue weighted by atomic mass is 9.96. The summed E-state index contributed by atoms with van der Waals surface area (Å²) in [5.41, 5.74) is 3.50. The Kier molecular flexibility index (Phi) is 5.32. The SMILES string of the molecule is COc1cc2c(C3CC3)c(Cc3ccc(-c4cc(F)cc(F)c4)nc3)[nH]c(=O)c2cc1OC. The second kappa shape index (κ2) is 8.31. The quantitative estimate of drug-likeness (QED) is 0.432. The zero-order chi connectivity index (χ0) is 23.1. The van der Waals surface area contributed by atoms with Crippen LogP contribution in [0.3, 0.4) is 0 Å². The fourth-order valence-electron chi connectivity index (χ4n) is 4.31. The average molecular weight is 448 g/mol. The molecular formula is C26H22F2N2O3. The minimum absolute atomic E-state index is 0.190. The molecular weight excluding hydrogens is 426 g/mol. The van der Waals surface area contributed by atoms with Crippen molar-refractivity contribution in [3.8, 4) is 22.8 Å². The number of H-pyrrole nitrogens is 1. The van der Waals surface area contributed by atoms with Gasteiger partial charge in [0, 0.05) is 29.9 Å². The van der Waals surface area contributed by atoms with Crippen LogP contribution in [0.4, 0.5) is 8.78 Å². The van der Waals surface area contributed by atoms with E-state index in [1.807, 2.05) is 12.1 Å². The molecule has 0 saturated heterocycles. The van der Waals surface area contributed by atoms with Gasteiger partial charge < -0.3 is 14.5 Å². The molecule has 0 atom stereocenters. The molecule has 0 radical (unpaired) electrons. The van der Waals surface area contributed by atoms with Gasteiger partial charge in [0.15, 0.2) is 11.5 Å². The molecule has 1 fully saturated rings. The van der Waals surface area contributed by atoms with Gasteiger partial charge in [0.1, 0.15) is 11.6 Å². The standard InChI is InChI=1S/C26H22F2N2O3/c1-32-23-11-19-20(12-24(23)33-2)26(31)30-22(25(19)15-4-5-15)7-14-3-6-21(29-13-14)16-8-17(27)10-18(28)9-16/h3,6,8-13,15H,4-5,7H2,1-2H3,(H,30,31). The van der Waals surface area contributed by atoms with Crippen molar-refractivity contribution in [2.75, 3.05) is 14.2 Å². The summed E-state index contributed by atoms with van der Waals surface area (Å²) < 4.78 is 38.0. The van der Waals surface area contributed by atoms with Crippen molar-refractivity contribution in [3.05, 3.63) is 87.5 Å². The predicted molar refractivity (Wildman–Crippen MR) is 122 cm³/mol. The number of hydrogen-bond donors (Lipinski definition) is 1. The van der Waals surface area contributed by atoms with Crippen LogP contribution in [0.15, 0.2) is 53.5 Å². The predicted octanol–water partition coefficient (Wildman–Crippen LogP) is 5.35. The highest BCUT2D eigenvalue weighted by Gasteiger charge is 2.30. The first-order valence-electron chi connectivity index (χ1n) is 10.7. The summed E-state index contributed by atoms with van der Waals surface area (Å²) >= 11 is 0. The molecule has 7 heteroatoms. The lowest BCUT2D eigenvalue weighted by Gasteiger charge is -2.15. The third-order valence-corrected chi connectivity index (χ3v) is 6.00. The number of ether oxygens (including phenoxy) is 2. The zero-order valence-corrected chi connectivity index (χ0v) is 18.2. The summed E-state index contributed by atoms with van der Waals surface area (Å²) in [7, 11) is 3.12. The number of nitrogens with zero attached hydrogens (tertiary/aromatic N) is 1. The molecule has 0 aliphatic heterocycles. The first kappa shape index (κ1) is 21.1. The number of aromatic amines is 1. The van der Waals surface area contributed by atoms with Crippen molar-refractivity contribution in [1.82, 2.24) is 9.97 Å². The van der Waals surface area contributed by atoms with E-state index in [1.165, 1.54) is 12.1 Å². The Morgan fingerprint density at radius 2 is 1.64 bits per heavy atom. The summed E-state index contributed by atoms with van der Waals surface area (Å²) in [4.78, 5) is 20.4. The number of aromatic nitrogens is 2. The van der Waals surface area contributed by atoms with E-state index in [0.717, 1.165) is 41.1 Å². The number of pyridine rings is 2. The van der Waals surface area contributed by atoms with Gasteiger partial charge in [-0.2, -0.15) is 0 Å². The van der Waals surface area contributed by atoms with E-state index in [2.05, 4.69) is 9.97 Å². The van der Waals surface area contributed by atoms with Gasteiger partial charge in [-0.25, -0.2) is 8.78 Å². The Morgan fingerprint density at radius 3 is 2.21 bits per heavy atom. The molecule has 4 aromatic rings. The fraction of sp³-hybridized carbons (Fsp3) is 0.231. The molecule has 2 aromatic heterocycles. The molecule has 1 saturated carbocycles. The number of halogens is 2. The van der Waals surface area contributed by atoms with E-state index in [-0.39, 0.29) is 5.56 Å². The molecule has 1 aliphatic rings. The van der Waals surface area contributed by atoms with Crippen molar-refractivity contribution in [2.24, 2.45) is 0 Å². The molecule has 0 spiro atoms. The van der Waals surface area contributed by atoms with Crippen LogP contribution >= 0.6 is 0 Å². The minimum atomic E-state index is -0.647. The van der Waals surface area contributed by atoms with E-state index < -0.39 is 11.6 Å². The van der Waals surface area contributed by atoms with E-state index in [1.54, 1.807) is 32.5 Å². The monoisotopic (exact) mass is 448 g/mol. The number of benzene rings is 2. The first-order valence-corrected chi connectivity index (χ1v) is 10.7. The van der Waals surface area contributed by atoms with Crippen LogP contribution in [-0.4, -0.2) is 24.2 Å². The Hall–Kier alpha value is -3.74. The fourth-order valence-corrected chi connectivity index (χ4v) is 4.31. The summed E-state index contributed by atoms with van der Waals surface area (Å²) in [6.07, 6.45) is 4.28. The highest BCUT2D eigenvalue weighted by Crippen LogP contribution is 2.46. The van der Waals surface area contributed by atoms with Gasteiger partial charge in [-0.05, 0) is 65.6 Å². The first-order chi connectivity index (χ1) is 16.0. The molecule has 0 bridgehead atoms. The van der Waals surface area contributed by atoms with E-state index in [4.69, 9.17) is 9.47 Å². The second-order valence-electron chi connectivity index (χ2n) is 8.26. The van der Waals surface area contributed by atoms with Crippen LogP contribution in [0.5, 0.6) is 11.5 Å². The Labute approximate surface area is 189 Å². The lowest BCUT2D eigenvalue weighted by molar-refractivity contribution is 0.356. The van der Waals surface area contributed by atoms with Crippen LogP contribution in [0.25, 0.3) is 22.0 Å². The third-order valence-electron chi connectivity index (χ3n) is 6.00. The maximum atomic E-state index is 13.6. The summed E-state index contributed by atoms with van der Waals surface area (Å²) in [6, 6.07) is 10.5. The van der Waals surface area contributed by atoms with Gasteiger partial charge in [-0.15, -0.1) is 0 Å². The Bertz CT molecular complexity index is 1390. The zero-order valence-electron chi connectivity index (χ0n) is 18.2. The van der Waals surface area contributed by atoms with Crippen molar-refractivity contribution in [1.29, 1.82) is 0 Å². The number of rotatable bonds is 6. The molecule has 2 heterocycles. The van der Waals surface area contributed by atoms with E-state index in [9.17, 15) is 13.6 Å². The van der Waals surface area contributed by atoms with E-state index >= 15 is 0 Å². The Balaban J connectivity index is 1.55. The molecule has 5 rings (SSSR count). The summed E-state index contributed by atoms with van der Waals surface area (Å²) in [5.74, 6) is 0.173. The molecule has 1 N–H and O–H groups in total. The highest BCUT2D eigenvalue weighted by molar-refractivity contribution is 5.89. The van der Waals surface area contributed by atoms with Gasteiger partial charge >= 0.3 is 0 Å². The summed E-state index contributed by atoms with van der Waals surface area (Å²) in [5, 5.41) is 1.44. The third kappa shape index (κ3) is 4.06. The number of hydrogen-bond acceptors (Lipinski definition) is 4. The van der Waals surface area contributed by atoms with Gasteiger partial charge in [0.05, 0.1) is 25.3 Å². The molecule has 2 aromatic carbocycles. The second-order valence-corrected chi connectivity index (χ2v) is 8.26. The Morgan fingerprint density at radius 1 is 0.970 bits per heavy atom. The maximum absolute atomic E-state index is 13.6. The van der Waals surface area contributed by atoms with Gasteiger partial charge in [-0.3, -0.25) is 9.78 Å². The molecule has 0 unspecified atom stereocenters. The largest absolute Gasteiger partial charge is 0.493 e. The minimum Gasteiger partial charge on any atom is -0.493 e. The highest BCUT2D eigenvalue weighted by atomic mass is 19.1. The van der Waals surface area contributed by atoms with Gasteiger partial charge in [0.25, 0.3) is 5.56 Å². The molecule has 168 valence electrons. The molecule has 5 nitrogen and oxygen atoms in total. The average Bonchev–Trinajstić information content (AvgIpc) is 3.63. The number of fused-ring (bicyclic) bond motifs is 1. The summed E-state index contributed by atoms with van der Waals surface area (Å²) in [6.45, 7) is 0. The number of methoxy groups -OCH3 is 2. The smallest absolute Gasteiger partial charge is 0.256 e. The van der Waals surface area contributed by atoms with Crippen LogP contribution in [0.2, 0.25) is 0 Å². The van der Waals surface area contributed by atoms with Crippen molar-refractivity contribution < 1.29 is 18.3 Å². The van der Waals surface area contributed by atoms with Crippen molar-refractivity contribution >= 4 is 10.8 Å². The van der Waals surface area contributed by atoms with E-state index in [0.29, 0.717) is 40.5 Å². The van der Waals surface area contributed by atoms with Crippen LogP contribution in [0, 0.1) is 11.6 Å².